The molecule has 0 bridgehead atoms. The number of benzene rings is 1. The summed E-state index contributed by atoms with van der Waals surface area (Å²) in [6.45, 7) is 2.86. The molecule has 0 aliphatic carbocycles. The third-order valence-electron chi connectivity index (χ3n) is 3.05. The molecule has 1 amide bonds. The molecular formula is C17H18N2OS. The average Bonchev–Trinajstić information content (AvgIpc) is 2.92. The first-order chi connectivity index (χ1) is 10.1. The van der Waals surface area contributed by atoms with Crippen LogP contribution in [0.1, 0.15) is 25.7 Å². The van der Waals surface area contributed by atoms with Gasteiger partial charge in [-0.1, -0.05) is 30.0 Å². The van der Waals surface area contributed by atoms with Crippen molar-refractivity contribution in [3.8, 4) is 11.8 Å². The summed E-state index contributed by atoms with van der Waals surface area (Å²) in [6, 6.07) is 11.7. The fraction of sp³-hybridized carbons (Fsp3) is 0.235. The molecule has 0 aliphatic rings. The van der Waals surface area contributed by atoms with Crippen LogP contribution in [0.3, 0.4) is 0 Å². The third-order valence-corrected chi connectivity index (χ3v) is 4.04. The van der Waals surface area contributed by atoms with Gasteiger partial charge in [0.2, 0.25) is 0 Å². The maximum atomic E-state index is 12.4. The number of hydrogen-bond donors (Lipinski definition) is 1. The molecule has 0 unspecified atom stereocenters. The van der Waals surface area contributed by atoms with E-state index in [0.29, 0.717) is 13.1 Å². The van der Waals surface area contributed by atoms with E-state index in [4.69, 9.17) is 5.73 Å². The summed E-state index contributed by atoms with van der Waals surface area (Å²) in [5, 5.41) is 0. The number of amides is 1. The number of nitrogens with two attached hydrogens (primary N) is 1. The molecule has 1 aromatic carbocycles. The molecule has 21 heavy (non-hydrogen) atoms. The van der Waals surface area contributed by atoms with E-state index in [-0.39, 0.29) is 5.91 Å². The Morgan fingerprint density at radius 1 is 1.29 bits per heavy atom. The number of nitrogens with zero attached hydrogens (tertiary/aromatic N) is 1. The third kappa shape index (κ3) is 3.94. The fourth-order valence-electron chi connectivity index (χ4n) is 1.99. The molecule has 1 heterocycles. The lowest BCUT2D eigenvalue weighted by atomic mass is 10.1. The summed E-state index contributed by atoms with van der Waals surface area (Å²) in [5.41, 5.74) is 7.37. The molecule has 0 saturated carbocycles. The molecular weight excluding hydrogens is 280 g/mol. The van der Waals surface area contributed by atoms with Crippen molar-refractivity contribution in [2.24, 2.45) is 5.73 Å². The van der Waals surface area contributed by atoms with Gasteiger partial charge in [-0.3, -0.25) is 4.79 Å². The minimum absolute atomic E-state index is 0.0367. The molecule has 2 N–H and O–H groups in total. The number of aryl methyl sites for hydroxylation is 1. The molecule has 0 atom stereocenters. The van der Waals surface area contributed by atoms with Crippen molar-refractivity contribution in [2.45, 2.75) is 13.5 Å². The van der Waals surface area contributed by atoms with E-state index in [1.54, 1.807) is 4.90 Å². The summed E-state index contributed by atoms with van der Waals surface area (Å²) in [4.78, 5) is 16.0. The fourth-order valence-corrected chi connectivity index (χ4v) is 2.85. The lowest BCUT2D eigenvalue weighted by molar-refractivity contribution is 0.0790. The zero-order valence-corrected chi connectivity index (χ0v) is 13.0. The predicted molar refractivity (Wildman–Crippen MR) is 87.2 cm³/mol. The summed E-state index contributed by atoms with van der Waals surface area (Å²) in [7, 11) is 1.81. The van der Waals surface area contributed by atoms with Crippen LogP contribution in [0.15, 0.2) is 36.4 Å². The molecule has 0 fully saturated rings. The van der Waals surface area contributed by atoms with Gasteiger partial charge >= 0.3 is 0 Å². The number of carbonyl (C=O) groups is 1. The Morgan fingerprint density at radius 2 is 2.05 bits per heavy atom. The highest BCUT2D eigenvalue weighted by Gasteiger charge is 2.14. The quantitative estimate of drug-likeness (QED) is 0.886. The van der Waals surface area contributed by atoms with Crippen molar-refractivity contribution >= 4 is 17.2 Å². The molecule has 0 radical (unpaired) electrons. The van der Waals surface area contributed by atoms with Gasteiger partial charge in [0.15, 0.2) is 0 Å². The highest BCUT2D eigenvalue weighted by molar-refractivity contribution is 7.13. The lowest BCUT2D eigenvalue weighted by Crippen LogP contribution is -2.25. The molecule has 0 saturated heterocycles. The van der Waals surface area contributed by atoms with Gasteiger partial charge in [0.05, 0.1) is 11.4 Å². The summed E-state index contributed by atoms with van der Waals surface area (Å²) in [6.07, 6.45) is 0. The second kappa shape index (κ2) is 7.07. The van der Waals surface area contributed by atoms with Gasteiger partial charge < -0.3 is 10.6 Å². The number of thiophene rings is 1. The maximum Gasteiger partial charge on any atom is 0.263 e. The smallest absolute Gasteiger partial charge is 0.263 e. The van der Waals surface area contributed by atoms with Crippen molar-refractivity contribution in [2.75, 3.05) is 13.6 Å². The Kier molecular flexibility index (Phi) is 5.15. The van der Waals surface area contributed by atoms with Gasteiger partial charge in [0.1, 0.15) is 0 Å². The van der Waals surface area contributed by atoms with Crippen LogP contribution in [0.5, 0.6) is 0 Å². The Bertz CT molecular complexity index is 694. The molecule has 4 heteroatoms. The largest absolute Gasteiger partial charge is 0.337 e. The van der Waals surface area contributed by atoms with Gasteiger partial charge in [-0.05, 0) is 30.7 Å². The van der Waals surface area contributed by atoms with Crippen molar-refractivity contribution in [3.63, 3.8) is 0 Å². The minimum atomic E-state index is 0.0367. The Balaban J connectivity index is 2.16. The average molecular weight is 298 g/mol. The molecule has 108 valence electrons. The topological polar surface area (TPSA) is 46.3 Å². The summed E-state index contributed by atoms with van der Waals surface area (Å²) in [5.74, 6) is 5.95. The van der Waals surface area contributed by atoms with Gasteiger partial charge in [-0.25, -0.2) is 0 Å². The molecule has 2 rings (SSSR count). The van der Waals surface area contributed by atoms with Crippen LogP contribution in [-0.2, 0) is 6.54 Å². The van der Waals surface area contributed by atoms with Crippen LogP contribution in [-0.4, -0.2) is 24.4 Å². The predicted octanol–water partition coefficient (Wildman–Crippen LogP) is 2.64. The standard InChI is InChI=1S/C17H18N2OS/c1-13-9-10-16(21-13)17(20)19(2)12-15-7-4-3-6-14(15)8-5-11-18/h3-4,6-7,9-10H,11-12,18H2,1-2H3. The lowest BCUT2D eigenvalue weighted by Gasteiger charge is -2.17. The molecule has 0 aliphatic heterocycles. The summed E-state index contributed by atoms with van der Waals surface area (Å²) >= 11 is 1.52. The Hall–Kier alpha value is -2.09. The SMILES string of the molecule is Cc1ccc(C(=O)N(C)Cc2ccccc2C#CCN)s1. The van der Waals surface area contributed by atoms with Crippen molar-refractivity contribution in [1.82, 2.24) is 4.90 Å². The highest BCUT2D eigenvalue weighted by atomic mass is 32.1. The second-order valence-corrected chi connectivity index (χ2v) is 6.02. The van der Waals surface area contributed by atoms with Gasteiger partial charge in [0.25, 0.3) is 5.91 Å². The van der Waals surface area contributed by atoms with E-state index in [2.05, 4.69) is 11.8 Å². The molecule has 2 aromatic rings. The van der Waals surface area contributed by atoms with Gasteiger partial charge in [-0.2, -0.15) is 0 Å². The first-order valence-electron chi connectivity index (χ1n) is 6.70. The zero-order chi connectivity index (χ0) is 15.2. The van der Waals surface area contributed by atoms with Crippen LogP contribution >= 0.6 is 11.3 Å². The van der Waals surface area contributed by atoms with Crippen LogP contribution in [0, 0.1) is 18.8 Å². The van der Waals surface area contributed by atoms with Crippen molar-refractivity contribution in [3.05, 3.63) is 57.3 Å². The maximum absolute atomic E-state index is 12.4. The minimum Gasteiger partial charge on any atom is -0.337 e. The monoisotopic (exact) mass is 298 g/mol. The van der Waals surface area contributed by atoms with Gasteiger partial charge in [-0.15, -0.1) is 11.3 Å². The van der Waals surface area contributed by atoms with E-state index in [1.807, 2.05) is 50.4 Å². The highest BCUT2D eigenvalue weighted by Crippen LogP contribution is 2.18. The number of carbonyl (C=O) groups excluding carboxylic acids is 1. The van der Waals surface area contributed by atoms with Gasteiger partial charge in [0, 0.05) is 24.0 Å². The van der Waals surface area contributed by atoms with E-state index in [9.17, 15) is 4.79 Å². The van der Waals surface area contributed by atoms with Crippen LogP contribution in [0.4, 0.5) is 0 Å². The zero-order valence-electron chi connectivity index (χ0n) is 12.2. The Labute approximate surface area is 129 Å². The first kappa shape index (κ1) is 15.3. The van der Waals surface area contributed by atoms with E-state index >= 15 is 0 Å². The Morgan fingerprint density at radius 3 is 2.71 bits per heavy atom. The van der Waals surface area contributed by atoms with Crippen LogP contribution < -0.4 is 5.73 Å². The van der Waals surface area contributed by atoms with E-state index < -0.39 is 0 Å². The molecule has 3 nitrogen and oxygen atoms in total. The van der Waals surface area contributed by atoms with Crippen LogP contribution in [0.2, 0.25) is 0 Å². The van der Waals surface area contributed by atoms with Crippen molar-refractivity contribution in [1.29, 1.82) is 0 Å². The summed E-state index contributed by atoms with van der Waals surface area (Å²) < 4.78 is 0. The van der Waals surface area contributed by atoms with E-state index in [0.717, 1.165) is 20.9 Å². The first-order valence-corrected chi connectivity index (χ1v) is 7.52. The second-order valence-electron chi connectivity index (χ2n) is 4.73. The molecule has 1 aromatic heterocycles. The van der Waals surface area contributed by atoms with E-state index in [1.165, 1.54) is 11.3 Å². The number of hydrogen-bond acceptors (Lipinski definition) is 3. The normalized spacial score (nSPS) is 9.86. The molecule has 0 spiro atoms. The van der Waals surface area contributed by atoms with Crippen molar-refractivity contribution < 1.29 is 4.79 Å². The number of rotatable bonds is 3. The van der Waals surface area contributed by atoms with Crippen LogP contribution in [0.25, 0.3) is 0 Å².